The molecule has 2 rings (SSSR count). The molecule has 0 aliphatic rings. The summed E-state index contributed by atoms with van der Waals surface area (Å²) >= 11 is 4.61. The minimum Gasteiger partial charge on any atom is -0.508 e. The number of nitrogens with one attached hydrogen (secondary N) is 1. The van der Waals surface area contributed by atoms with Crippen LogP contribution in [0.1, 0.15) is 5.56 Å². The predicted octanol–water partition coefficient (Wildman–Crippen LogP) is 1.42. The third-order valence-corrected chi connectivity index (χ3v) is 2.48. The van der Waals surface area contributed by atoms with E-state index in [9.17, 15) is 10.2 Å². The molecule has 0 amide bonds. The standard InChI is InChI=1S/C12H11N3O2S/c13-12(18)15-14-6-10-9-5-8(16)3-1-7(9)2-4-11(10)17/h1-6,16-17H,(H3,13,15,18). The van der Waals surface area contributed by atoms with Crippen LogP contribution in [0.4, 0.5) is 0 Å². The molecule has 0 aliphatic heterocycles. The molecule has 18 heavy (non-hydrogen) atoms. The molecular weight excluding hydrogens is 250 g/mol. The third-order valence-electron chi connectivity index (χ3n) is 2.39. The Balaban J connectivity index is 2.53. The number of hydrogen-bond donors (Lipinski definition) is 4. The summed E-state index contributed by atoms with van der Waals surface area (Å²) in [5.41, 5.74) is 8.12. The minimum absolute atomic E-state index is 0.0359. The number of hydrazone groups is 1. The van der Waals surface area contributed by atoms with Crippen LogP contribution in [-0.4, -0.2) is 21.5 Å². The molecule has 0 unspecified atom stereocenters. The Morgan fingerprint density at radius 3 is 2.72 bits per heavy atom. The fourth-order valence-corrected chi connectivity index (χ4v) is 1.67. The lowest BCUT2D eigenvalue weighted by Crippen LogP contribution is -2.24. The highest BCUT2D eigenvalue weighted by Gasteiger charge is 2.05. The normalized spacial score (nSPS) is 10.9. The first-order valence-electron chi connectivity index (χ1n) is 5.11. The average Bonchev–Trinajstić information content (AvgIpc) is 2.31. The van der Waals surface area contributed by atoms with Crippen molar-refractivity contribution >= 4 is 34.3 Å². The van der Waals surface area contributed by atoms with Gasteiger partial charge in [-0.1, -0.05) is 12.1 Å². The van der Waals surface area contributed by atoms with Crippen molar-refractivity contribution in [1.82, 2.24) is 5.43 Å². The van der Waals surface area contributed by atoms with Crippen molar-refractivity contribution in [1.29, 1.82) is 0 Å². The Bertz CT molecular complexity index is 635. The second-order valence-electron chi connectivity index (χ2n) is 3.64. The van der Waals surface area contributed by atoms with Crippen molar-refractivity contribution in [2.45, 2.75) is 0 Å². The van der Waals surface area contributed by atoms with Gasteiger partial charge in [0.25, 0.3) is 0 Å². The van der Waals surface area contributed by atoms with Crippen LogP contribution in [0.15, 0.2) is 35.4 Å². The van der Waals surface area contributed by atoms with Gasteiger partial charge in [-0.2, -0.15) is 5.10 Å². The van der Waals surface area contributed by atoms with E-state index >= 15 is 0 Å². The zero-order valence-corrected chi connectivity index (χ0v) is 10.1. The number of benzene rings is 2. The highest BCUT2D eigenvalue weighted by Crippen LogP contribution is 2.28. The fourth-order valence-electron chi connectivity index (χ4n) is 1.62. The summed E-state index contributed by atoms with van der Waals surface area (Å²) in [4.78, 5) is 0. The monoisotopic (exact) mass is 261 g/mol. The maximum Gasteiger partial charge on any atom is 0.184 e. The SMILES string of the molecule is NC(=S)NN=Cc1c(O)ccc2ccc(O)cc12. The van der Waals surface area contributed by atoms with Gasteiger partial charge in [0.1, 0.15) is 11.5 Å². The Hall–Kier alpha value is -2.34. The van der Waals surface area contributed by atoms with Gasteiger partial charge in [0.2, 0.25) is 0 Å². The summed E-state index contributed by atoms with van der Waals surface area (Å²) < 4.78 is 0. The average molecular weight is 261 g/mol. The van der Waals surface area contributed by atoms with Crippen molar-refractivity contribution in [3.05, 3.63) is 35.9 Å². The molecule has 92 valence electrons. The van der Waals surface area contributed by atoms with E-state index in [1.54, 1.807) is 30.3 Å². The molecule has 0 radical (unpaired) electrons. The van der Waals surface area contributed by atoms with E-state index in [0.717, 1.165) is 5.39 Å². The van der Waals surface area contributed by atoms with E-state index in [4.69, 9.17) is 5.73 Å². The molecule has 0 saturated heterocycles. The van der Waals surface area contributed by atoms with Crippen molar-refractivity contribution in [2.75, 3.05) is 0 Å². The lowest BCUT2D eigenvalue weighted by molar-refractivity contribution is 0.474. The third kappa shape index (κ3) is 2.49. The van der Waals surface area contributed by atoms with Crippen molar-refractivity contribution < 1.29 is 10.2 Å². The Kier molecular flexibility index (Phi) is 3.29. The topological polar surface area (TPSA) is 90.9 Å². The summed E-state index contributed by atoms with van der Waals surface area (Å²) in [7, 11) is 0. The van der Waals surface area contributed by atoms with Crippen LogP contribution in [0.25, 0.3) is 10.8 Å². The van der Waals surface area contributed by atoms with E-state index in [0.29, 0.717) is 10.9 Å². The smallest absolute Gasteiger partial charge is 0.184 e. The first kappa shape index (κ1) is 12.1. The largest absolute Gasteiger partial charge is 0.508 e. The van der Waals surface area contributed by atoms with Crippen LogP contribution < -0.4 is 11.2 Å². The molecule has 0 aromatic heterocycles. The number of nitrogens with zero attached hydrogens (tertiary/aromatic N) is 1. The highest BCUT2D eigenvalue weighted by atomic mass is 32.1. The van der Waals surface area contributed by atoms with Crippen LogP contribution in [0, 0.1) is 0 Å². The number of phenols is 2. The minimum atomic E-state index is 0.0359. The number of aromatic hydroxyl groups is 2. The molecule has 0 heterocycles. The zero-order valence-electron chi connectivity index (χ0n) is 9.29. The lowest BCUT2D eigenvalue weighted by atomic mass is 10.0. The molecule has 2 aromatic carbocycles. The fraction of sp³-hybridized carbons (Fsp3) is 0. The van der Waals surface area contributed by atoms with E-state index < -0.39 is 0 Å². The second kappa shape index (κ2) is 4.89. The van der Waals surface area contributed by atoms with Crippen LogP contribution >= 0.6 is 12.2 Å². The van der Waals surface area contributed by atoms with Gasteiger partial charge in [0, 0.05) is 5.56 Å². The number of hydrogen-bond acceptors (Lipinski definition) is 4. The number of thiocarbonyl (C=S) groups is 1. The molecule has 0 bridgehead atoms. The van der Waals surface area contributed by atoms with Gasteiger partial charge < -0.3 is 15.9 Å². The first-order chi connectivity index (χ1) is 8.58. The lowest BCUT2D eigenvalue weighted by Gasteiger charge is -2.05. The summed E-state index contributed by atoms with van der Waals surface area (Å²) in [5.74, 6) is 0.173. The molecule has 0 fully saturated rings. The van der Waals surface area contributed by atoms with Crippen molar-refractivity contribution in [3.63, 3.8) is 0 Å². The highest BCUT2D eigenvalue weighted by molar-refractivity contribution is 7.80. The van der Waals surface area contributed by atoms with Gasteiger partial charge in [-0.15, -0.1) is 0 Å². The number of nitrogens with two attached hydrogens (primary N) is 1. The van der Waals surface area contributed by atoms with Crippen LogP contribution in [0.2, 0.25) is 0 Å². The molecule has 0 atom stereocenters. The van der Waals surface area contributed by atoms with Crippen molar-refractivity contribution in [2.24, 2.45) is 10.8 Å². The Morgan fingerprint density at radius 2 is 2.00 bits per heavy atom. The predicted molar refractivity (Wildman–Crippen MR) is 74.8 cm³/mol. The molecular formula is C12H11N3O2S. The van der Waals surface area contributed by atoms with E-state index in [1.807, 2.05) is 0 Å². The number of fused-ring (bicyclic) bond motifs is 1. The van der Waals surface area contributed by atoms with Crippen LogP contribution in [-0.2, 0) is 0 Å². The molecule has 2 aromatic rings. The quantitative estimate of drug-likeness (QED) is 0.373. The Labute approximate surface area is 109 Å². The van der Waals surface area contributed by atoms with Crippen LogP contribution in [0.3, 0.4) is 0 Å². The summed E-state index contributed by atoms with van der Waals surface area (Å²) in [6, 6.07) is 8.19. The maximum absolute atomic E-state index is 9.80. The molecule has 0 spiro atoms. The van der Waals surface area contributed by atoms with Crippen LogP contribution in [0.5, 0.6) is 11.5 Å². The van der Waals surface area contributed by atoms with E-state index in [1.165, 1.54) is 6.21 Å². The van der Waals surface area contributed by atoms with Gasteiger partial charge in [0.15, 0.2) is 5.11 Å². The maximum atomic E-state index is 9.80. The molecule has 0 saturated carbocycles. The van der Waals surface area contributed by atoms with E-state index in [-0.39, 0.29) is 16.6 Å². The second-order valence-corrected chi connectivity index (χ2v) is 4.08. The van der Waals surface area contributed by atoms with Gasteiger partial charge in [-0.3, -0.25) is 5.43 Å². The van der Waals surface area contributed by atoms with Gasteiger partial charge >= 0.3 is 0 Å². The van der Waals surface area contributed by atoms with Crippen molar-refractivity contribution in [3.8, 4) is 11.5 Å². The molecule has 5 nitrogen and oxygen atoms in total. The first-order valence-corrected chi connectivity index (χ1v) is 5.52. The molecule has 6 heteroatoms. The van der Waals surface area contributed by atoms with Gasteiger partial charge in [-0.25, -0.2) is 0 Å². The molecule has 5 N–H and O–H groups in total. The number of phenolic OH excluding ortho intramolecular Hbond substituents is 2. The Morgan fingerprint density at radius 1 is 1.28 bits per heavy atom. The summed E-state index contributed by atoms with van der Waals surface area (Å²) in [5, 5.41) is 24.7. The summed E-state index contributed by atoms with van der Waals surface area (Å²) in [6.07, 6.45) is 1.40. The van der Waals surface area contributed by atoms with Gasteiger partial charge in [0.05, 0.1) is 6.21 Å². The van der Waals surface area contributed by atoms with E-state index in [2.05, 4.69) is 22.7 Å². The zero-order chi connectivity index (χ0) is 13.1. The van der Waals surface area contributed by atoms with Gasteiger partial charge in [-0.05, 0) is 41.2 Å². The summed E-state index contributed by atoms with van der Waals surface area (Å²) in [6.45, 7) is 0. The molecule has 0 aliphatic carbocycles. The number of rotatable bonds is 2.